The van der Waals surface area contributed by atoms with Gasteiger partial charge in [-0.05, 0) is 35.9 Å². The number of aromatic nitrogens is 1. The molecule has 0 atom stereocenters. The number of fused-ring (bicyclic) bond motifs is 1. The van der Waals surface area contributed by atoms with Crippen molar-refractivity contribution in [3.8, 4) is 5.75 Å². The Morgan fingerprint density at radius 2 is 1.95 bits per heavy atom. The van der Waals surface area contributed by atoms with Crippen molar-refractivity contribution >= 4 is 28.5 Å². The van der Waals surface area contributed by atoms with Crippen LogP contribution in [0.15, 0.2) is 48.5 Å². The van der Waals surface area contributed by atoms with E-state index in [1.165, 1.54) is 0 Å². The summed E-state index contributed by atoms with van der Waals surface area (Å²) in [6.07, 6.45) is 0. The molecule has 2 N–H and O–H groups in total. The van der Waals surface area contributed by atoms with E-state index >= 15 is 0 Å². The van der Waals surface area contributed by atoms with Crippen LogP contribution >= 0.6 is 11.6 Å². The molecule has 0 aliphatic heterocycles. The molecular formula is C16H12ClNO3. The minimum absolute atomic E-state index is 0.146. The molecule has 21 heavy (non-hydrogen) atoms. The topological polar surface area (TPSA) is 62.3 Å². The third kappa shape index (κ3) is 2.85. The van der Waals surface area contributed by atoms with Gasteiger partial charge >= 0.3 is 5.97 Å². The molecule has 0 bridgehead atoms. The number of hydrogen-bond acceptors (Lipinski definition) is 2. The molecule has 0 saturated heterocycles. The molecule has 4 nitrogen and oxygen atoms in total. The minimum Gasteiger partial charge on any atom is -0.488 e. The molecule has 0 saturated carbocycles. The summed E-state index contributed by atoms with van der Waals surface area (Å²) in [6.45, 7) is 0.393. The van der Waals surface area contributed by atoms with Crippen molar-refractivity contribution in [2.24, 2.45) is 0 Å². The first-order valence-corrected chi connectivity index (χ1v) is 6.73. The van der Waals surface area contributed by atoms with Crippen LogP contribution in [0.2, 0.25) is 5.02 Å². The number of H-pyrrole nitrogens is 1. The molecule has 1 aromatic heterocycles. The summed E-state index contributed by atoms with van der Waals surface area (Å²) in [6, 6.07) is 14.4. The molecule has 0 aliphatic rings. The van der Waals surface area contributed by atoms with Crippen molar-refractivity contribution in [2.75, 3.05) is 0 Å². The Morgan fingerprint density at radius 3 is 2.67 bits per heavy atom. The Bertz CT molecular complexity index is 793. The number of halogens is 1. The minimum atomic E-state index is -0.991. The first kappa shape index (κ1) is 13.5. The average Bonchev–Trinajstić information content (AvgIpc) is 2.91. The fourth-order valence-corrected chi connectivity index (χ4v) is 2.24. The summed E-state index contributed by atoms with van der Waals surface area (Å²) < 4.78 is 5.78. The number of ether oxygens (including phenoxy) is 1. The lowest BCUT2D eigenvalue weighted by Gasteiger charge is -2.07. The summed E-state index contributed by atoms with van der Waals surface area (Å²) in [5, 5.41) is 10.5. The zero-order chi connectivity index (χ0) is 14.8. The van der Waals surface area contributed by atoms with Gasteiger partial charge < -0.3 is 14.8 Å². The fourth-order valence-electron chi connectivity index (χ4n) is 2.11. The van der Waals surface area contributed by atoms with E-state index in [0.717, 1.165) is 16.5 Å². The van der Waals surface area contributed by atoms with Crippen molar-refractivity contribution in [3.63, 3.8) is 0 Å². The van der Waals surface area contributed by atoms with Crippen LogP contribution in [0.4, 0.5) is 0 Å². The van der Waals surface area contributed by atoms with Gasteiger partial charge in [-0.3, -0.25) is 0 Å². The van der Waals surface area contributed by atoms with E-state index in [1.54, 1.807) is 18.2 Å². The summed E-state index contributed by atoms with van der Waals surface area (Å²) in [4.78, 5) is 13.9. The second kappa shape index (κ2) is 5.50. The largest absolute Gasteiger partial charge is 0.488 e. The summed E-state index contributed by atoms with van der Waals surface area (Å²) in [5.41, 5.74) is 1.87. The third-order valence-corrected chi connectivity index (χ3v) is 3.41. The molecule has 0 fully saturated rings. The molecule has 106 valence electrons. The first-order chi connectivity index (χ1) is 10.1. The highest BCUT2D eigenvalue weighted by Crippen LogP contribution is 2.27. The summed E-state index contributed by atoms with van der Waals surface area (Å²) >= 11 is 5.84. The summed E-state index contributed by atoms with van der Waals surface area (Å²) in [7, 11) is 0. The number of nitrogens with one attached hydrogen (secondary N) is 1. The Kier molecular flexibility index (Phi) is 3.54. The molecule has 0 amide bonds. The number of aromatic amines is 1. The van der Waals surface area contributed by atoms with Crippen LogP contribution in [-0.2, 0) is 6.61 Å². The van der Waals surface area contributed by atoms with E-state index < -0.39 is 5.97 Å². The SMILES string of the molecule is O=C(O)c1cc2c(OCc3ccc(Cl)cc3)cccc2[nH]1. The van der Waals surface area contributed by atoms with Crippen molar-refractivity contribution in [3.05, 3.63) is 64.8 Å². The number of aromatic carboxylic acids is 1. The molecule has 0 aliphatic carbocycles. The van der Waals surface area contributed by atoms with Crippen LogP contribution in [0.1, 0.15) is 16.1 Å². The maximum atomic E-state index is 11.0. The highest BCUT2D eigenvalue weighted by Gasteiger charge is 2.10. The van der Waals surface area contributed by atoms with Crippen LogP contribution in [0, 0.1) is 0 Å². The highest BCUT2D eigenvalue weighted by molar-refractivity contribution is 6.30. The van der Waals surface area contributed by atoms with Crippen LogP contribution in [-0.4, -0.2) is 16.1 Å². The number of carbonyl (C=O) groups is 1. The first-order valence-electron chi connectivity index (χ1n) is 6.36. The van der Waals surface area contributed by atoms with E-state index in [-0.39, 0.29) is 5.69 Å². The quantitative estimate of drug-likeness (QED) is 0.762. The van der Waals surface area contributed by atoms with Crippen LogP contribution in [0.25, 0.3) is 10.9 Å². The molecular weight excluding hydrogens is 290 g/mol. The molecule has 0 spiro atoms. The number of benzene rings is 2. The smallest absolute Gasteiger partial charge is 0.352 e. The molecule has 0 radical (unpaired) electrons. The van der Waals surface area contributed by atoms with Gasteiger partial charge in [-0.15, -0.1) is 0 Å². The average molecular weight is 302 g/mol. The molecule has 3 rings (SSSR count). The predicted octanol–water partition coefficient (Wildman–Crippen LogP) is 4.10. The van der Waals surface area contributed by atoms with Gasteiger partial charge in [0.15, 0.2) is 0 Å². The zero-order valence-corrected chi connectivity index (χ0v) is 11.7. The van der Waals surface area contributed by atoms with Gasteiger partial charge in [0.05, 0.1) is 0 Å². The maximum Gasteiger partial charge on any atom is 0.352 e. The molecule has 5 heteroatoms. The van der Waals surface area contributed by atoms with Gasteiger partial charge in [-0.25, -0.2) is 4.79 Å². The number of rotatable bonds is 4. The van der Waals surface area contributed by atoms with Crippen molar-refractivity contribution in [1.29, 1.82) is 0 Å². The standard InChI is InChI=1S/C16H12ClNO3/c17-11-6-4-10(5-7-11)9-21-15-3-1-2-13-12(15)8-14(18-13)16(19)20/h1-8,18H,9H2,(H,19,20). The fraction of sp³-hybridized carbons (Fsp3) is 0.0625. The molecule has 2 aromatic carbocycles. The lowest BCUT2D eigenvalue weighted by atomic mass is 10.2. The van der Waals surface area contributed by atoms with Crippen LogP contribution in [0.3, 0.4) is 0 Å². The van der Waals surface area contributed by atoms with Gasteiger partial charge in [0.2, 0.25) is 0 Å². The Labute approximate surface area is 125 Å². The van der Waals surface area contributed by atoms with Gasteiger partial charge in [0, 0.05) is 15.9 Å². The van der Waals surface area contributed by atoms with Crippen LogP contribution < -0.4 is 4.74 Å². The van der Waals surface area contributed by atoms with E-state index in [2.05, 4.69) is 4.98 Å². The zero-order valence-electron chi connectivity index (χ0n) is 11.0. The molecule has 3 aromatic rings. The Balaban J connectivity index is 1.86. The van der Waals surface area contributed by atoms with Gasteiger partial charge in [-0.1, -0.05) is 29.8 Å². The monoisotopic (exact) mass is 301 g/mol. The van der Waals surface area contributed by atoms with Gasteiger partial charge in [-0.2, -0.15) is 0 Å². The molecule has 1 heterocycles. The van der Waals surface area contributed by atoms with Gasteiger partial charge in [0.25, 0.3) is 0 Å². The lowest BCUT2D eigenvalue weighted by molar-refractivity contribution is 0.0691. The Hall–Kier alpha value is -2.46. The third-order valence-electron chi connectivity index (χ3n) is 3.16. The molecule has 0 unspecified atom stereocenters. The van der Waals surface area contributed by atoms with E-state index in [9.17, 15) is 4.79 Å². The van der Waals surface area contributed by atoms with Crippen LogP contribution in [0.5, 0.6) is 5.75 Å². The maximum absolute atomic E-state index is 11.0. The van der Waals surface area contributed by atoms with Crippen molar-refractivity contribution in [1.82, 2.24) is 4.98 Å². The highest BCUT2D eigenvalue weighted by atomic mass is 35.5. The van der Waals surface area contributed by atoms with E-state index in [4.69, 9.17) is 21.4 Å². The number of carboxylic acid groups (broad SMARTS) is 1. The number of carboxylic acids is 1. The normalized spacial score (nSPS) is 10.7. The second-order valence-electron chi connectivity index (χ2n) is 4.62. The van der Waals surface area contributed by atoms with Crippen molar-refractivity contribution in [2.45, 2.75) is 6.61 Å². The Morgan fingerprint density at radius 1 is 1.19 bits per heavy atom. The lowest BCUT2D eigenvalue weighted by Crippen LogP contribution is -1.95. The number of hydrogen-bond donors (Lipinski definition) is 2. The van der Waals surface area contributed by atoms with E-state index in [1.807, 2.05) is 30.3 Å². The van der Waals surface area contributed by atoms with E-state index in [0.29, 0.717) is 17.4 Å². The predicted molar refractivity (Wildman–Crippen MR) is 81.0 cm³/mol. The second-order valence-corrected chi connectivity index (χ2v) is 5.06. The van der Waals surface area contributed by atoms with Crippen molar-refractivity contribution < 1.29 is 14.6 Å². The summed E-state index contributed by atoms with van der Waals surface area (Å²) in [5.74, 6) is -0.346. The van der Waals surface area contributed by atoms with Gasteiger partial charge in [0.1, 0.15) is 18.1 Å².